The van der Waals surface area contributed by atoms with Crippen molar-refractivity contribution < 1.29 is 27.9 Å². The van der Waals surface area contributed by atoms with Crippen LogP contribution in [0.1, 0.15) is 32.0 Å². The number of carboxylic acids is 1. The monoisotopic (exact) mass is 590 g/mol. The predicted octanol–water partition coefficient (Wildman–Crippen LogP) is 3.59. The maximum Gasteiger partial charge on any atom is 0.416 e. The van der Waals surface area contributed by atoms with Crippen molar-refractivity contribution in [2.45, 2.75) is 42.6 Å². The molecule has 218 valence electrons. The van der Waals surface area contributed by atoms with Crippen LogP contribution in [0.4, 0.5) is 10.6 Å². The number of aromatic nitrogens is 4. The Hall–Kier alpha value is -4.75. The van der Waals surface area contributed by atoms with E-state index in [0.717, 1.165) is 16.0 Å². The molecule has 3 N–H and O–H groups in total. The number of ether oxygens (including phenoxy) is 1. The number of hydrogen-bond donors (Lipinski definition) is 2. The van der Waals surface area contributed by atoms with Crippen LogP contribution in [0.2, 0.25) is 0 Å². The summed E-state index contributed by atoms with van der Waals surface area (Å²) in [5, 5.41) is 17.1. The normalized spacial score (nSPS) is 13.1. The minimum atomic E-state index is -4.35. The molecule has 4 aromatic rings. The van der Waals surface area contributed by atoms with Crippen LogP contribution in [-0.4, -0.2) is 57.9 Å². The number of nitrogens with two attached hydrogens (primary N) is 1. The third-order valence-electron chi connectivity index (χ3n) is 6.11. The molecule has 1 unspecified atom stereocenters. The Balaban J connectivity index is 1.81. The molecule has 0 fully saturated rings. The number of carboxylic acid groups (broad SMARTS) is 1. The SMILES string of the molecule is CC(C)(C)OC(=O)N(CC(=O)O)c1cccc(C(N)(Cc2ccc(-c3ccnnc3)cc2)S(=O)(=O)c2cccnc2)n1. The van der Waals surface area contributed by atoms with E-state index in [0.29, 0.717) is 5.56 Å². The van der Waals surface area contributed by atoms with Crippen LogP contribution in [0.15, 0.2) is 90.3 Å². The molecule has 42 heavy (non-hydrogen) atoms. The minimum Gasteiger partial charge on any atom is -0.480 e. The number of amides is 1. The maximum absolute atomic E-state index is 14.1. The molecule has 3 aromatic heterocycles. The number of anilines is 1. The molecule has 0 saturated carbocycles. The zero-order valence-electron chi connectivity index (χ0n) is 23.2. The van der Waals surface area contributed by atoms with Crippen molar-refractivity contribution in [1.82, 2.24) is 20.2 Å². The fourth-order valence-corrected chi connectivity index (χ4v) is 5.74. The van der Waals surface area contributed by atoms with Crippen molar-refractivity contribution >= 4 is 27.7 Å². The van der Waals surface area contributed by atoms with Crippen molar-refractivity contribution in [1.29, 1.82) is 0 Å². The first kappa shape index (κ1) is 30.2. The predicted molar refractivity (Wildman–Crippen MR) is 154 cm³/mol. The van der Waals surface area contributed by atoms with Gasteiger partial charge in [-0.25, -0.2) is 18.2 Å². The number of nitrogens with zero attached hydrogens (tertiary/aromatic N) is 5. The summed E-state index contributed by atoms with van der Waals surface area (Å²) in [6.45, 7) is 4.13. The fraction of sp³-hybridized carbons (Fsp3) is 0.241. The standard InChI is InChI=1S/C29H30N6O6S/c1-28(2,3)41-27(38)35(19-26(36)37)25-8-4-7-24(34-25)29(30,42(39,40)23-6-5-14-31-18-23)16-20-9-11-21(12-10-20)22-13-15-32-33-17-22/h4-15,17-18H,16,19,30H2,1-3H3,(H,36,37). The highest BCUT2D eigenvalue weighted by Gasteiger charge is 2.45. The van der Waals surface area contributed by atoms with Crippen molar-refractivity contribution in [2.75, 3.05) is 11.4 Å². The Morgan fingerprint density at radius 1 is 0.929 bits per heavy atom. The van der Waals surface area contributed by atoms with Gasteiger partial charge in [0.05, 0.1) is 23.0 Å². The van der Waals surface area contributed by atoms with Gasteiger partial charge in [-0.3, -0.25) is 14.7 Å². The molecule has 12 nitrogen and oxygen atoms in total. The van der Waals surface area contributed by atoms with Crippen LogP contribution in [-0.2, 0) is 30.7 Å². The largest absolute Gasteiger partial charge is 0.480 e. The van der Waals surface area contributed by atoms with Gasteiger partial charge in [-0.2, -0.15) is 10.2 Å². The lowest BCUT2D eigenvalue weighted by molar-refractivity contribution is -0.135. The number of rotatable bonds is 9. The first-order valence-corrected chi connectivity index (χ1v) is 14.3. The highest BCUT2D eigenvalue weighted by atomic mass is 32.2. The van der Waals surface area contributed by atoms with Crippen LogP contribution < -0.4 is 10.6 Å². The first-order valence-electron chi connectivity index (χ1n) is 12.8. The van der Waals surface area contributed by atoms with Crippen molar-refractivity contribution in [2.24, 2.45) is 5.73 Å². The second kappa shape index (κ2) is 12.0. The number of pyridine rings is 2. The lowest BCUT2D eigenvalue weighted by Crippen LogP contribution is -2.48. The number of benzene rings is 1. The minimum absolute atomic E-state index is 0.106. The molecule has 0 saturated heterocycles. The lowest BCUT2D eigenvalue weighted by Gasteiger charge is -2.30. The molecule has 0 radical (unpaired) electrons. The summed E-state index contributed by atoms with van der Waals surface area (Å²) in [6.07, 6.45) is 4.64. The zero-order chi connectivity index (χ0) is 30.5. The Bertz CT molecular complexity index is 1660. The summed E-state index contributed by atoms with van der Waals surface area (Å²) in [5.41, 5.74) is 8.03. The molecule has 0 spiro atoms. The maximum atomic E-state index is 14.1. The average molecular weight is 591 g/mol. The van der Waals surface area contributed by atoms with Gasteiger partial charge < -0.3 is 15.6 Å². The summed E-state index contributed by atoms with van der Waals surface area (Å²) < 4.78 is 33.6. The lowest BCUT2D eigenvalue weighted by atomic mass is 10.00. The van der Waals surface area contributed by atoms with Gasteiger partial charge >= 0.3 is 12.1 Å². The van der Waals surface area contributed by atoms with Gasteiger partial charge in [0, 0.05) is 24.4 Å². The molecule has 0 bridgehead atoms. The Morgan fingerprint density at radius 3 is 2.26 bits per heavy atom. The highest BCUT2D eigenvalue weighted by molar-refractivity contribution is 7.92. The third kappa shape index (κ3) is 6.75. The molecular formula is C29H30N6O6S. The summed E-state index contributed by atoms with van der Waals surface area (Å²) in [7, 11) is -4.35. The summed E-state index contributed by atoms with van der Waals surface area (Å²) in [5.74, 6) is -1.46. The highest BCUT2D eigenvalue weighted by Crippen LogP contribution is 2.35. The smallest absolute Gasteiger partial charge is 0.416 e. The molecule has 1 atom stereocenters. The molecule has 4 rings (SSSR count). The van der Waals surface area contributed by atoms with Crippen molar-refractivity contribution in [3.05, 3.63) is 96.7 Å². The van der Waals surface area contributed by atoms with E-state index in [9.17, 15) is 23.1 Å². The molecule has 3 heterocycles. The second-order valence-electron chi connectivity index (χ2n) is 10.4. The quantitative estimate of drug-likeness (QED) is 0.291. The van der Waals surface area contributed by atoms with Gasteiger partial charge in [0.2, 0.25) is 9.84 Å². The van der Waals surface area contributed by atoms with Gasteiger partial charge in [-0.1, -0.05) is 30.3 Å². The molecule has 1 aromatic carbocycles. The number of carbonyl (C=O) groups is 2. The molecule has 0 aliphatic heterocycles. The van der Waals surface area contributed by atoms with Crippen LogP contribution in [0.3, 0.4) is 0 Å². The van der Waals surface area contributed by atoms with Gasteiger partial charge in [0.15, 0.2) is 4.87 Å². The number of sulfone groups is 1. The second-order valence-corrected chi connectivity index (χ2v) is 12.6. The van der Waals surface area contributed by atoms with Crippen LogP contribution in [0, 0.1) is 0 Å². The van der Waals surface area contributed by atoms with E-state index in [1.807, 2.05) is 12.1 Å². The van der Waals surface area contributed by atoms with Crippen LogP contribution in [0.5, 0.6) is 0 Å². The molecule has 0 aliphatic carbocycles. The molecule has 1 amide bonds. The molecular weight excluding hydrogens is 560 g/mol. The summed E-state index contributed by atoms with van der Waals surface area (Å²) in [6, 6.07) is 16.0. The van der Waals surface area contributed by atoms with Crippen LogP contribution in [0.25, 0.3) is 11.1 Å². The van der Waals surface area contributed by atoms with E-state index in [1.165, 1.54) is 42.7 Å². The topological polar surface area (TPSA) is 179 Å². The average Bonchev–Trinajstić information content (AvgIpc) is 2.96. The summed E-state index contributed by atoms with van der Waals surface area (Å²) >= 11 is 0. The van der Waals surface area contributed by atoms with Crippen molar-refractivity contribution in [3.8, 4) is 11.1 Å². The fourth-order valence-electron chi connectivity index (χ4n) is 4.12. The summed E-state index contributed by atoms with van der Waals surface area (Å²) in [4.78, 5) is 31.5. The first-order chi connectivity index (χ1) is 19.8. The van der Waals surface area contributed by atoms with Gasteiger partial charge in [0.1, 0.15) is 18.0 Å². The van der Waals surface area contributed by atoms with E-state index in [4.69, 9.17) is 10.5 Å². The van der Waals surface area contributed by atoms with Crippen molar-refractivity contribution in [3.63, 3.8) is 0 Å². The third-order valence-corrected chi connectivity index (χ3v) is 8.29. The van der Waals surface area contributed by atoms with E-state index in [2.05, 4.69) is 20.2 Å². The zero-order valence-corrected chi connectivity index (χ0v) is 24.0. The number of hydrogen-bond acceptors (Lipinski definition) is 10. The van der Waals surface area contributed by atoms with E-state index in [-0.39, 0.29) is 22.8 Å². The van der Waals surface area contributed by atoms with Gasteiger partial charge in [-0.15, -0.1) is 0 Å². The van der Waals surface area contributed by atoms with E-state index in [1.54, 1.807) is 51.4 Å². The number of carbonyl (C=O) groups excluding carboxylic acids is 1. The number of aliphatic carboxylic acids is 1. The van der Waals surface area contributed by atoms with E-state index < -0.39 is 38.9 Å². The molecule has 13 heteroatoms. The Kier molecular flexibility index (Phi) is 8.64. The van der Waals surface area contributed by atoms with E-state index >= 15 is 0 Å². The Labute approximate surface area is 243 Å². The molecule has 0 aliphatic rings. The van der Waals surface area contributed by atoms with Crippen LogP contribution >= 0.6 is 0 Å². The van der Waals surface area contributed by atoms with Gasteiger partial charge in [-0.05, 0) is 62.2 Å². The van der Waals surface area contributed by atoms with Gasteiger partial charge in [0.25, 0.3) is 0 Å². The Morgan fingerprint density at radius 2 is 1.67 bits per heavy atom.